The Kier molecular flexibility index (Phi) is 6.69. The molecule has 0 radical (unpaired) electrons. The third kappa shape index (κ3) is 5.04. The van der Waals surface area contributed by atoms with Crippen LogP contribution in [-0.2, 0) is 18.3 Å². The van der Waals surface area contributed by atoms with Crippen molar-refractivity contribution < 1.29 is 9.72 Å². The SMILES string of the molecule is CCC(Sc1nnc(Cc2cccc3ccccc23)n1C)C(=O)Nc1cccc([N+](=O)[O-])c1. The van der Waals surface area contributed by atoms with Crippen LogP contribution in [0.25, 0.3) is 10.8 Å². The van der Waals surface area contributed by atoms with Crippen LogP contribution in [0.1, 0.15) is 24.7 Å². The van der Waals surface area contributed by atoms with Crippen LogP contribution in [0.3, 0.4) is 0 Å². The van der Waals surface area contributed by atoms with Crippen LogP contribution >= 0.6 is 11.8 Å². The van der Waals surface area contributed by atoms with Crippen molar-refractivity contribution >= 4 is 39.8 Å². The lowest BCUT2D eigenvalue weighted by Crippen LogP contribution is -2.25. The Morgan fingerprint density at radius 2 is 1.88 bits per heavy atom. The lowest BCUT2D eigenvalue weighted by molar-refractivity contribution is -0.384. The largest absolute Gasteiger partial charge is 0.325 e. The Labute approximate surface area is 195 Å². The van der Waals surface area contributed by atoms with E-state index in [0.29, 0.717) is 23.7 Å². The molecule has 1 unspecified atom stereocenters. The summed E-state index contributed by atoms with van der Waals surface area (Å²) in [4.78, 5) is 23.3. The number of nitrogens with zero attached hydrogens (tertiary/aromatic N) is 4. The first kappa shape index (κ1) is 22.5. The van der Waals surface area contributed by atoms with Gasteiger partial charge in [0, 0.05) is 31.3 Å². The molecular formula is C24H23N5O3S. The van der Waals surface area contributed by atoms with E-state index in [-0.39, 0.29) is 11.6 Å². The highest BCUT2D eigenvalue weighted by Crippen LogP contribution is 2.27. The molecule has 9 heteroatoms. The molecule has 0 aliphatic rings. The number of nitro groups is 1. The summed E-state index contributed by atoms with van der Waals surface area (Å²) in [7, 11) is 1.90. The number of carbonyl (C=O) groups excluding carboxylic acids is 1. The van der Waals surface area contributed by atoms with Gasteiger partial charge in [-0.1, -0.05) is 67.2 Å². The molecule has 1 heterocycles. The molecule has 1 aromatic heterocycles. The van der Waals surface area contributed by atoms with Crippen LogP contribution in [0, 0.1) is 10.1 Å². The second-order valence-corrected chi connectivity index (χ2v) is 8.75. The van der Waals surface area contributed by atoms with E-state index in [9.17, 15) is 14.9 Å². The van der Waals surface area contributed by atoms with Crippen molar-refractivity contribution in [2.24, 2.45) is 7.05 Å². The molecule has 1 amide bonds. The summed E-state index contributed by atoms with van der Waals surface area (Å²) in [6, 6.07) is 20.4. The van der Waals surface area contributed by atoms with Crippen LogP contribution in [0.4, 0.5) is 11.4 Å². The van der Waals surface area contributed by atoms with E-state index in [1.165, 1.54) is 34.7 Å². The van der Waals surface area contributed by atoms with Gasteiger partial charge < -0.3 is 9.88 Å². The molecule has 8 nitrogen and oxygen atoms in total. The molecule has 0 bridgehead atoms. The van der Waals surface area contributed by atoms with E-state index in [1.807, 2.05) is 36.7 Å². The third-order valence-corrected chi connectivity index (χ3v) is 6.79. The van der Waals surface area contributed by atoms with Gasteiger partial charge in [-0.2, -0.15) is 0 Å². The van der Waals surface area contributed by atoms with Crippen molar-refractivity contribution in [1.29, 1.82) is 0 Å². The Bertz CT molecular complexity index is 1320. The molecule has 0 fully saturated rings. The molecule has 0 aliphatic heterocycles. The van der Waals surface area contributed by atoms with Crippen molar-refractivity contribution in [3.05, 3.63) is 88.2 Å². The number of amides is 1. The van der Waals surface area contributed by atoms with Crippen LogP contribution in [0.15, 0.2) is 71.9 Å². The van der Waals surface area contributed by atoms with Gasteiger partial charge in [0.15, 0.2) is 5.16 Å². The molecule has 3 aromatic carbocycles. The molecule has 33 heavy (non-hydrogen) atoms. The standard InChI is InChI=1S/C24H23N5O3S/c1-3-21(23(30)25-18-11-7-12-19(15-18)29(31)32)33-24-27-26-22(28(24)2)14-17-10-6-9-16-8-4-5-13-20(16)17/h4-13,15,21H,3,14H2,1-2H3,(H,25,30). The quantitative estimate of drug-likeness (QED) is 0.226. The number of benzene rings is 3. The fraction of sp³-hybridized carbons (Fsp3) is 0.208. The first-order valence-electron chi connectivity index (χ1n) is 10.5. The number of aromatic nitrogens is 3. The minimum atomic E-state index is -0.487. The van der Waals surface area contributed by atoms with Gasteiger partial charge in [-0.25, -0.2) is 0 Å². The van der Waals surface area contributed by atoms with Crippen molar-refractivity contribution in [3.8, 4) is 0 Å². The number of thioether (sulfide) groups is 1. The van der Waals surface area contributed by atoms with Gasteiger partial charge in [-0.3, -0.25) is 14.9 Å². The number of hydrogen-bond donors (Lipinski definition) is 1. The maximum atomic E-state index is 12.8. The van der Waals surface area contributed by atoms with Crippen molar-refractivity contribution in [1.82, 2.24) is 14.8 Å². The molecule has 0 saturated carbocycles. The van der Waals surface area contributed by atoms with Gasteiger partial charge in [0.05, 0.1) is 10.2 Å². The summed E-state index contributed by atoms with van der Waals surface area (Å²) in [5.41, 5.74) is 1.48. The number of fused-ring (bicyclic) bond motifs is 1. The second kappa shape index (κ2) is 9.83. The molecule has 4 rings (SSSR count). The van der Waals surface area contributed by atoms with E-state index in [2.05, 4.69) is 39.8 Å². The van der Waals surface area contributed by atoms with Gasteiger partial charge in [-0.15, -0.1) is 10.2 Å². The summed E-state index contributed by atoms with van der Waals surface area (Å²) >= 11 is 1.33. The molecule has 168 valence electrons. The normalized spacial score (nSPS) is 11.9. The number of rotatable bonds is 8. The zero-order valence-electron chi connectivity index (χ0n) is 18.3. The Balaban J connectivity index is 1.49. The van der Waals surface area contributed by atoms with E-state index in [0.717, 1.165) is 11.4 Å². The molecule has 1 N–H and O–H groups in total. The van der Waals surface area contributed by atoms with E-state index in [4.69, 9.17) is 0 Å². The highest BCUT2D eigenvalue weighted by atomic mass is 32.2. The van der Waals surface area contributed by atoms with E-state index >= 15 is 0 Å². The predicted molar refractivity (Wildman–Crippen MR) is 129 cm³/mol. The van der Waals surface area contributed by atoms with Crippen LogP contribution in [0.2, 0.25) is 0 Å². The lowest BCUT2D eigenvalue weighted by Gasteiger charge is -2.14. The number of nitrogens with one attached hydrogen (secondary N) is 1. The topological polar surface area (TPSA) is 103 Å². The lowest BCUT2D eigenvalue weighted by atomic mass is 10.0. The maximum absolute atomic E-state index is 12.8. The van der Waals surface area contributed by atoms with Crippen molar-refractivity contribution in [3.63, 3.8) is 0 Å². The number of hydrogen-bond acceptors (Lipinski definition) is 6. The molecule has 0 saturated heterocycles. The fourth-order valence-corrected chi connectivity index (χ4v) is 4.53. The summed E-state index contributed by atoms with van der Waals surface area (Å²) < 4.78 is 1.91. The number of nitro benzene ring substituents is 1. The van der Waals surface area contributed by atoms with Gasteiger partial charge in [0.1, 0.15) is 5.82 Å². The Hall–Kier alpha value is -3.72. The molecule has 0 aliphatic carbocycles. The third-order valence-electron chi connectivity index (χ3n) is 5.39. The van der Waals surface area contributed by atoms with Crippen LogP contribution in [-0.4, -0.2) is 30.8 Å². The molecule has 1 atom stereocenters. The second-order valence-electron chi connectivity index (χ2n) is 7.58. The summed E-state index contributed by atoms with van der Waals surface area (Å²) in [5, 5.41) is 25.0. The monoisotopic (exact) mass is 461 g/mol. The smallest absolute Gasteiger partial charge is 0.271 e. The average Bonchev–Trinajstić information content (AvgIpc) is 3.16. The van der Waals surface area contributed by atoms with Gasteiger partial charge in [-0.05, 0) is 28.8 Å². The average molecular weight is 462 g/mol. The van der Waals surface area contributed by atoms with E-state index in [1.54, 1.807) is 12.1 Å². The highest BCUT2D eigenvalue weighted by Gasteiger charge is 2.22. The minimum absolute atomic E-state index is 0.0696. The van der Waals surface area contributed by atoms with Gasteiger partial charge >= 0.3 is 0 Å². The number of anilines is 1. The van der Waals surface area contributed by atoms with Crippen molar-refractivity contribution in [2.45, 2.75) is 30.2 Å². The highest BCUT2D eigenvalue weighted by molar-refractivity contribution is 8.00. The van der Waals surface area contributed by atoms with Crippen molar-refractivity contribution in [2.75, 3.05) is 5.32 Å². The van der Waals surface area contributed by atoms with Crippen LogP contribution in [0.5, 0.6) is 0 Å². The summed E-state index contributed by atoms with van der Waals surface area (Å²) in [6.45, 7) is 1.91. The molecule has 4 aromatic rings. The number of non-ortho nitro benzene ring substituents is 1. The fourth-order valence-electron chi connectivity index (χ4n) is 3.59. The maximum Gasteiger partial charge on any atom is 0.271 e. The summed E-state index contributed by atoms with van der Waals surface area (Å²) in [6.07, 6.45) is 1.19. The molecular weight excluding hydrogens is 438 g/mol. The zero-order chi connectivity index (χ0) is 23.4. The first-order chi connectivity index (χ1) is 16.0. The minimum Gasteiger partial charge on any atom is -0.325 e. The van der Waals surface area contributed by atoms with Gasteiger partial charge in [0.25, 0.3) is 5.69 Å². The number of carbonyl (C=O) groups is 1. The summed E-state index contributed by atoms with van der Waals surface area (Å²) in [5.74, 6) is 0.574. The van der Waals surface area contributed by atoms with Crippen LogP contribution < -0.4 is 5.32 Å². The predicted octanol–water partition coefficient (Wildman–Crippen LogP) is 4.98. The van der Waals surface area contributed by atoms with E-state index < -0.39 is 10.2 Å². The Morgan fingerprint density at radius 1 is 1.12 bits per heavy atom. The Morgan fingerprint density at radius 3 is 2.67 bits per heavy atom. The zero-order valence-corrected chi connectivity index (χ0v) is 19.1. The first-order valence-corrected chi connectivity index (χ1v) is 11.4. The molecule has 0 spiro atoms. The van der Waals surface area contributed by atoms with Gasteiger partial charge in [0.2, 0.25) is 5.91 Å².